The number of hydrogen-bond acceptors (Lipinski definition) is 2. The summed E-state index contributed by atoms with van der Waals surface area (Å²) >= 11 is 0. The van der Waals surface area contributed by atoms with Crippen molar-refractivity contribution in [3.63, 3.8) is 0 Å². The van der Waals surface area contributed by atoms with Gasteiger partial charge in [-0.3, -0.25) is 0 Å². The molecule has 2 heteroatoms. The van der Waals surface area contributed by atoms with Crippen molar-refractivity contribution in [3.05, 3.63) is 212 Å². The molecule has 0 aliphatic carbocycles. The first kappa shape index (κ1) is 32.0. The van der Waals surface area contributed by atoms with Crippen LogP contribution in [0.3, 0.4) is 0 Å². The molecule has 0 aliphatic rings. The molecular weight excluding hydrogens is 679 g/mol. The Morgan fingerprint density at radius 2 is 0.893 bits per heavy atom. The predicted molar refractivity (Wildman–Crippen MR) is 237 cm³/mol. The zero-order chi connectivity index (χ0) is 37.0. The molecule has 0 spiro atoms. The van der Waals surface area contributed by atoms with Gasteiger partial charge in [0.2, 0.25) is 0 Å². The Bertz CT molecular complexity index is 3230. The third-order valence-electron chi connectivity index (χ3n) is 11.2. The van der Waals surface area contributed by atoms with Gasteiger partial charge in [0.05, 0.1) is 11.1 Å². The van der Waals surface area contributed by atoms with E-state index in [-0.39, 0.29) is 0 Å². The molecule has 1 aromatic heterocycles. The van der Waals surface area contributed by atoms with Crippen LogP contribution in [-0.2, 0) is 0 Å². The standard InChI is InChI=1S/C54H35NO/c1-2-12-36(13-3-1)40-16-10-17-41(34-40)37-24-29-43(30-25-37)55(51-22-11-23-52-53(51)49-33-28-38-14-4-7-19-46(38)54(49)56-52)44-31-26-39(27-32-44)50-35-42-15-5-6-18-45(42)47-20-8-9-21-48(47)50/h1-35H. The highest BCUT2D eigenvalue weighted by Gasteiger charge is 2.21. The van der Waals surface area contributed by atoms with Gasteiger partial charge < -0.3 is 9.32 Å². The highest BCUT2D eigenvalue weighted by Crippen LogP contribution is 2.45. The molecule has 0 amide bonds. The predicted octanol–water partition coefficient (Wildman–Crippen LogP) is 15.5. The molecule has 0 saturated heterocycles. The zero-order valence-corrected chi connectivity index (χ0v) is 30.6. The fraction of sp³-hybridized carbons (Fsp3) is 0. The van der Waals surface area contributed by atoms with E-state index in [1.165, 1.54) is 60.3 Å². The van der Waals surface area contributed by atoms with Crippen LogP contribution in [0.2, 0.25) is 0 Å². The van der Waals surface area contributed by atoms with Crippen LogP contribution in [0.4, 0.5) is 17.1 Å². The van der Waals surface area contributed by atoms with Crippen molar-refractivity contribution in [1.29, 1.82) is 0 Å². The van der Waals surface area contributed by atoms with Crippen LogP contribution >= 0.6 is 0 Å². The first-order valence-corrected chi connectivity index (χ1v) is 19.2. The van der Waals surface area contributed by atoms with Crippen LogP contribution in [0, 0.1) is 0 Å². The van der Waals surface area contributed by atoms with E-state index in [2.05, 4.69) is 217 Å². The lowest BCUT2D eigenvalue weighted by Crippen LogP contribution is -2.10. The SMILES string of the molecule is c1ccc(-c2cccc(-c3ccc(N(c4ccc(-c5cc6ccccc6c6ccccc56)cc4)c4cccc5oc6c7ccccc7ccc6c45)cc3)c2)cc1. The van der Waals surface area contributed by atoms with Gasteiger partial charge in [0, 0.05) is 22.1 Å². The van der Waals surface area contributed by atoms with E-state index in [1.54, 1.807) is 0 Å². The van der Waals surface area contributed by atoms with Crippen LogP contribution in [0.5, 0.6) is 0 Å². The number of fused-ring (bicyclic) bond motifs is 8. The topological polar surface area (TPSA) is 16.4 Å². The maximum absolute atomic E-state index is 6.68. The van der Waals surface area contributed by atoms with Gasteiger partial charge in [0.25, 0.3) is 0 Å². The second-order valence-electron chi connectivity index (χ2n) is 14.5. The summed E-state index contributed by atoms with van der Waals surface area (Å²) in [4.78, 5) is 2.37. The maximum Gasteiger partial charge on any atom is 0.143 e. The van der Waals surface area contributed by atoms with Gasteiger partial charge in [0.15, 0.2) is 0 Å². The number of benzene rings is 10. The molecule has 0 atom stereocenters. The first-order valence-electron chi connectivity index (χ1n) is 19.2. The van der Waals surface area contributed by atoms with Crippen molar-refractivity contribution >= 4 is 71.3 Å². The lowest BCUT2D eigenvalue weighted by molar-refractivity contribution is 0.672. The van der Waals surface area contributed by atoms with Crippen molar-refractivity contribution in [2.45, 2.75) is 0 Å². The molecule has 11 aromatic rings. The van der Waals surface area contributed by atoms with Crippen molar-refractivity contribution in [2.24, 2.45) is 0 Å². The number of rotatable bonds is 6. The van der Waals surface area contributed by atoms with E-state index in [0.29, 0.717) is 0 Å². The van der Waals surface area contributed by atoms with Gasteiger partial charge in [-0.05, 0) is 115 Å². The zero-order valence-electron chi connectivity index (χ0n) is 30.6. The van der Waals surface area contributed by atoms with Crippen LogP contribution in [0.1, 0.15) is 0 Å². The van der Waals surface area contributed by atoms with Crippen molar-refractivity contribution in [3.8, 4) is 33.4 Å². The normalized spacial score (nSPS) is 11.6. The molecule has 0 N–H and O–H groups in total. The summed E-state index contributed by atoms with van der Waals surface area (Å²) in [6.45, 7) is 0. The molecule has 0 bridgehead atoms. The lowest BCUT2D eigenvalue weighted by atomic mass is 9.93. The van der Waals surface area contributed by atoms with E-state index in [9.17, 15) is 0 Å². The summed E-state index contributed by atoms with van der Waals surface area (Å²) in [6.07, 6.45) is 0. The van der Waals surface area contributed by atoms with Crippen molar-refractivity contribution in [1.82, 2.24) is 0 Å². The van der Waals surface area contributed by atoms with Gasteiger partial charge in [-0.1, -0.05) is 158 Å². The minimum Gasteiger partial charge on any atom is -0.455 e. The van der Waals surface area contributed by atoms with E-state index in [4.69, 9.17) is 4.42 Å². The Labute approximate surface area is 325 Å². The fourth-order valence-electron chi connectivity index (χ4n) is 8.54. The summed E-state index contributed by atoms with van der Waals surface area (Å²) in [6, 6.07) is 76.4. The molecule has 262 valence electrons. The highest BCUT2D eigenvalue weighted by atomic mass is 16.3. The lowest BCUT2D eigenvalue weighted by Gasteiger charge is -2.27. The Balaban J connectivity index is 1.07. The maximum atomic E-state index is 6.68. The molecule has 0 fully saturated rings. The summed E-state index contributed by atoms with van der Waals surface area (Å²) in [5.41, 5.74) is 12.2. The fourth-order valence-corrected chi connectivity index (χ4v) is 8.54. The molecule has 10 aromatic carbocycles. The summed E-state index contributed by atoms with van der Waals surface area (Å²) < 4.78 is 6.68. The van der Waals surface area contributed by atoms with Gasteiger partial charge in [-0.25, -0.2) is 0 Å². The van der Waals surface area contributed by atoms with Crippen LogP contribution in [0.15, 0.2) is 217 Å². The van der Waals surface area contributed by atoms with Crippen LogP contribution in [-0.4, -0.2) is 0 Å². The third-order valence-corrected chi connectivity index (χ3v) is 11.2. The highest BCUT2D eigenvalue weighted by molar-refractivity contribution is 6.20. The number of hydrogen-bond donors (Lipinski definition) is 0. The van der Waals surface area contributed by atoms with E-state index in [0.717, 1.165) is 44.4 Å². The Kier molecular flexibility index (Phi) is 7.53. The van der Waals surface area contributed by atoms with Gasteiger partial charge >= 0.3 is 0 Å². The molecule has 2 nitrogen and oxygen atoms in total. The average Bonchev–Trinajstić information content (AvgIpc) is 3.67. The van der Waals surface area contributed by atoms with Gasteiger partial charge in [0.1, 0.15) is 11.2 Å². The molecule has 0 aliphatic heterocycles. The summed E-state index contributed by atoms with van der Waals surface area (Å²) in [5.74, 6) is 0. The number of anilines is 3. The average molecular weight is 714 g/mol. The molecule has 56 heavy (non-hydrogen) atoms. The van der Waals surface area contributed by atoms with Gasteiger partial charge in [-0.2, -0.15) is 0 Å². The Morgan fingerprint density at radius 3 is 1.64 bits per heavy atom. The van der Waals surface area contributed by atoms with Gasteiger partial charge in [-0.15, -0.1) is 0 Å². The Morgan fingerprint density at radius 1 is 0.321 bits per heavy atom. The first-order chi connectivity index (χ1) is 27.8. The second kappa shape index (κ2) is 13.2. The summed E-state index contributed by atoms with van der Waals surface area (Å²) in [7, 11) is 0. The van der Waals surface area contributed by atoms with E-state index >= 15 is 0 Å². The quantitative estimate of drug-likeness (QED) is 0.160. The minimum atomic E-state index is 0.868. The second-order valence-corrected chi connectivity index (χ2v) is 14.5. The third kappa shape index (κ3) is 5.34. The number of nitrogens with zero attached hydrogens (tertiary/aromatic N) is 1. The monoisotopic (exact) mass is 713 g/mol. The minimum absolute atomic E-state index is 0.868. The molecule has 0 unspecified atom stereocenters. The molecule has 11 rings (SSSR count). The van der Waals surface area contributed by atoms with Crippen molar-refractivity contribution < 1.29 is 4.42 Å². The van der Waals surface area contributed by atoms with Crippen LogP contribution in [0.25, 0.3) is 87.6 Å². The largest absolute Gasteiger partial charge is 0.455 e. The molecule has 0 radical (unpaired) electrons. The van der Waals surface area contributed by atoms with E-state index < -0.39 is 0 Å². The van der Waals surface area contributed by atoms with Crippen molar-refractivity contribution in [2.75, 3.05) is 4.90 Å². The molecule has 0 saturated carbocycles. The van der Waals surface area contributed by atoms with Crippen LogP contribution < -0.4 is 4.90 Å². The number of furan rings is 1. The van der Waals surface area contributed by atoms with E-state index in [1.807, 2.05) is 0 Å². The summed E-state index contributed by atoms with van der Waals surface area (Å²) in [5, 5.41) is 9.53. The molecular formula is C54H35NO. The molecule has 1 heterocycles. The Hall–Kier alpha value is -7.42. The smallest absolute Gasteiger partial charge is 0.143 e.